The van der Waals surface area contributed by atoms with Crippen molar-refractivity contribution in [3.8, 4) is 6.07 Å². The molecule has 0 saturated carbocycles. The average molecular weight is 372 g/mol. The minimum Gasteiger partial charge on any atom is -0.320 e. The zero-order valence-corrected chi connectivity index (χ0v) is 13.3. The first-order valence-electron chi connectivity index (χ1n) is 6.44. The fourth-order valence-electron chi connectivity index (χ4n) is 1.83. The summed E-state index contributed by atoms with van der Waals surface area (Å²) in [6.07, 6.45) is 1.20. The summed E-state index contributed by atoms with van der Waals surface area (Å²) in [7, 11) is 0. The molecule has 1 N–H and O–H groups in total. The van der Waals surface area contributed by atoms with E-state index in [0.29, 0.717) is 10.2 Å². The molecule has 7 heteroatoms. The highest BCUT2D eigenvalue weighted by atomic mass is 79.9. The van der Waals surface area contributed by atoms with Crippen molar-refractivity contribution in [3.63, 3.8) is 0 Å². The lowest BCUT2D eigenvalue weighted by Gasteiger charge is -2.06. The number of benzene rings is 2. The number of rotatable bonds is 4. The van der Waals surface area contributed by atoms with Crippen LogP contribution in [0.5, 0.6) is 0 Å². The molecule has 114 valence electrons. The molecular weight excluding hydrogens is 362 g/mol. The van der Waals surface area contributed by atoms with E-state index in [1.165, 1.54) is 24.3 Å². The first-order valence-corrected chi connectivity index (χ1v) is 7.23. The van der Waals surface area contributed by atoms with E-state index in [1.54, 1.807) is 36.4 Å². The summed E-state index contributed by atoms with van der Waals surface area (Å²) >= 11 is 3.29. The molecule has 0 atom stereocenters. The lowest BCUT2D eigenvalue weighted by Crippen LogP contribution is -2.13. The molecule has 6 nitrogen and oxygen atoms in total. The van der Waals surface area contributed by atoms with Gasteiger partial charge < -0.3 is 5.32 Å². The number of nitrogens with zero attached hydrogens (tertiary/aromatic N) is 2. The molecule has 2 aromatic carbocycles. The van der Waals surface area contributed by atoms with E-state index in [4.69, 9.17) is 0 Å². The Hall–Kier alpha value is -2.98. The largest absolute Gasteiger partial charge is 0.320 e. The third kappa shape index (κ3) is 4.02. The highest BCUT2D eigenvalue weighted by molar-refractivity contribution is 9.10. The number of hydrogen-bond acceptors (Lipinski definition) is 4. The molecular formula is C16H10BrN3O3. The van der Waals surface area contributed by atoms with E-state index in [2.05, 4.69) is 21.2 Å². The Balaban J connectivity index is 2.33. The van der Waals surface area contributed by atoms with Crippen LogP contribution in [-0.2, 0) is 4.79 Å². The predicted molar refractivity (Wildman–Crippen MR) is 89.5 cm³/mol. The van der Waals surface area contributed by atoms with Gasteiger partial charge in [0.2, 0.25) is 0 Å². The minimum absolute atomic E-state index is 0.172. The summed E-state index contributed by atoms with van der Waals surface area (Å²) in [5, 5.41) is 22.7. The van der Waals surface area contributed by atoms with Crippen LogP contribution in [0.25, 0.3) is 6.08 Å². The van der Waals surface area contributed by atoms with Crippen LogP contribution < -0.4 is 5.32 Å². The number of carbonyl (C=O) groups excluding carboxylic acids is 1. The number of halogens is 1. The second-order valence-electron chi connectivity index (χ2n) is 4.42. The van der Waals surface area contributed by atoms with Gasteiger partial charge in [-0.1, -0.05) is 24.3 Å². The van der Waals surface area contributed by atoms with Gasteiger partial charge in [-0.3, -0.25) is 14.9 Å². The van der Waals surface area contributed by atoms with Crippen LogP contribution in [0.3, 0.4) is 0 Å². The van der Waals surface area contributed by atoms with E-state index in [0.717, 1.165) is 0 Å². The van der Waals surface area contributed by atoms with Gasteiger partial charge in [-0.05, 0) is 40.2 Å². The Morgan fingerprint density at radius 1 is 1.22 bits per heavy atom. The van der Waals surface area contributed by atoms with Gasteiger partial charge in [0.25, 0.3) is 11.6 Å². The lowest BCUT2D eigenvalue weighted by molar-refractivity contribution is -0.385. The van der Waals surface area contributed by atoms with Crippen molar-refractivity contribution in [2.24, 2.45) is 0 Å². The monoisotopic (exact) mass is 371 g/mol. The van der Waals surface area contributed by atoms with Crippen molar-refractivity contribution in [2.75, 3.05) is 5.32 Å². The molecule has 0 heterocycles. The maximum atomic E-state index is 12.2. The lowest BCUT2D eigenvalue weighted by atomic mass is 10.1. The molecule has 0 spiro atoms. The average Bonchev–Trinajstić information content (AvgIpc) is 2.54. The topological polar surface area (TPSA) is 96.0 Å². The second-order valence-corrected chi connectivity index (χ2v) is 5.27. The number of nitro benzene ring substituents is 1. The van der Waals surface area contributed by atoms with Gasteiger partial charge in [-0.25, -0.2) is 0 Å². The number of amides is 1. The van der Waals surface area contributed by atoms with Gasteiger partial charge in [0, 0.05) is 10.5 Å². The molecule has 0 unspecified atom stereocenters. The molecule has 2 rings (SSSR count). The normalized spacial score (nSPS) is 10.7. The van der Waals surface area contributed by atoms with E-state index in [9.17, 15) is 20.2 Å². The van der Waals surface area contributed by atoms with Gasteiger partial charge in [-0.2, -0.15) is 5.26 Å². The molecule has 0 bridgehead atoms. The Bertz CT molecular complexity index is 840. The SMILES string of the molecule is N#C/C(=C\c1ccccc1[N+](=O)[O-])C(=O)Nc1ccccc1Br. The highest BCUT2D eigenvalue weighted by Crippen LogP contribution is 2.23. The summed E-state index contributed by atoms with van der Waals surface area (Å²) in [6.45, 7) is 0. The number of anilines is 1. The van der Waals surface area contributed by atoms with Crippen LogP contribution in [0.4, 0.5) is 11.4 Å². The van der Waals surface area contributed by atoms with Gasteiger partial charge >= 0.3 is 0 Å². The second kappa shape index (κ2) is 7.33. The van der Waals surface area contributed by atoms with E-state index in [-0.39, 0.29) is 16.8 Å². The Morgan fingerprint density at radius 3 is 2.52 bits per heavy atom. The number of nitro groups is 1. The van der Waals surface area contributed by atoms with Crippen molar-refractivity contribution in [1.82, 2.24) is 0 Å². The Morgan fingerprint density at radius 2 is 1.87 bits per heavy atom. The first-order chi connectivity index (χ1) is 11.0. The molecule has 2 aromatic rings. The molecule has 0 aliphatic heterocycles. The molecule has 1 amide bonds. The number of para-hydroxylation sites is 2. The van der Waals surface area contributed by atoms with E-state index in [1.807, 2.05) is 0 Å². The molecule has 0 aliphatic carbocycles. The Labute approximate surface area is 140 Å². The zero-order chi connectivity index (χ0) is 16.8. The number of carbonyl (C=O) groups is 1. The smallest absolute Gasteiger partial charge is 0.276 e. The van der Waals surface area contributed by atoms with Crippen molar-refractivity contribution in [1.29, 1.82) is 5.26 Å². The van der Waals surface area contributed by atoms with Gasteiger partial charge in [-0.15, -0.1) is 0 Å². The highest BCUT2D eigenvalue weighted by Gasteiger charge is 2.15. The number of nitriles is 1. The number of hydrogen-bond donors (Lipinski definition) is 1. The molecule has 0 aliphatic rings. The minimum atomic E-state index is -0.641. The van der Waals surface area contributed by atoms with Crippen LogP contribution in [0.2, 0.25) is 0 Å². The summed E-state index contributed by atoms with van der Waals surface area (Å²) in [5.74, 6) is -0.641. The summed E-state index contributed by atoms with van der Waals surface area (Å²) in [6, 6.07) is 14.6. The zero-order valence-electron chi connectivity index (χ0n) is 11.7. The van der Waals surface area contributed by atoms with Gasteiger partial charge in [0.15, 0.2) is 0 Å². The predicted octanol–water partition coefficient (Wildman–Crippen LogP) is 3.90. The maximum Gasteiger partial charge on any atom is 0.276 e. The van der Waals surface area contributed by atoms with Crippen molar-refractivity contribution < 1.29 is 9.72 Å². The molecule has 23 heavy (non-hydrogen) atoms. The maximum absolute atomic E-state index is 12.2. The molecule has 0 aromatic heterocycles. The number of nitrogens with one attached hydrogen (secondary N) is 1. The summed E-state index contributed by atoms with van der Waals surface area (Å²) in [4.78, 5) is 22.6. The third-order valence-corrected chi connectivity index (χ3v) is 3.61. The third-order valence-electron chi connectivity index (χ3n) is 2.92. The fourth-order valence-corrected chi connectivity index (χ4v) is 2.22. The van der Waals surface area contributed by atoms with Crippen LogP contribution in [0, 0.1) is 21.4 Å². The first kappa shape index (κ1) is 16.4. The molecule has 0 radical (unpaired) electrons. The van der Waals surface area contributed by atoms with Crippen LogP contribution >= 0.6 is 15.9 Å². The summed E-state index contributed by atoms with van der Waals surface area (Å²) in [5.41, 5.74) is 0.293. The summed E-state index contributed by atoms with van der Waals surface area (Å²) < 4.78 is 0.663. The van der Waals surface area contributed by atoms with Crippen LogP contribution in [0.1, 0.15) is 5.56 Å². The van der Waals surface area contributed by atoms with Gasteiger partial charge in [0.05, 0.1) is 16.2 Å². The van der Waals surface area contributed by atoms with Crippen LogP contribution in [0.15, 0.2) is 58.6 Å². The van der Waals surface area contributed by atoms with Crippen LogP contribution in [-0.4, -0.2) is 10.8 Å². The molecule has 0 fully saturated rings. The van der Waals surface area contributed by atoms with Gasteiger partial charge in [0.1, 0.15) is 11.6 Å². The Kier molecular flexibility index (Phi) is 5.23. The fraction of sp³-hybridized carbons (Fsp3) is 0. The standard InChI is InChI=1S/C16H10BrN3O3/c17-13-6-2-3-7-14(13)19-16(21)12(10-18)9-11-5-1-4-8-15(11)20(22)23/h1-9H,(H,19,21)/b12-9+. The van der Waals surface area contributed by atoms with Crippen molar-refractivity contribution in [3.05, 3.63) is 74.3 Å². The van der Waals surface area contributed by atoms with Crippen molar-refractivity contribution in [2.45, 2.75) is 0 Å². The quantitative estimate of drug-likeness (QED) is 0.381. The van der Waals surface area contributed by atoms with Crippen molar-refractivity contribution >= 4 is 39.3 Å². The van der Waals surface area contributed by atoms with E-state index < -0.39 is 10.8 Å². The molecule has 0 saturated heterocycles. The van der Waals surface area contributed by atoms with E-state index >= 15 is 0 Å².